The fraction of sp³-hybridized carbons (Fsp3) is 0.917. The molecule has 1 unspecified atom stereocenters. The fourth-order valence-electron chi connectivity index (χ4n) is 2.41. The molecule has 0 aromatic heterocycles. The molecule has 1 rings (SSSR count). The number of hydrogen-bond donors (Lipinski definition) is 1. The van der Waals surface area contributed by atoms with E-state index in [1.165, 1.54) is 13.3 Å². The molecular weight excluding hydrogens is 234 g/mol. The Labute approximate surface area is 105 Å². The second-order valence-corrected chi connectivity index (χ2v) is 11.6. The van der Waals surface area contributed by atoms with Gasteiger partial charge in [0, 0.05) is 0 Å². The third-order valence-electron chi connectivity index (χ3n) is 3.22. The van der Waals surface area contributed by atoms with Crippen LogP contribution >= 0.6 is 0 Å². The largest absolute Gasteiger partial charge is 0.467 e. The Hall–Kier alpha value is -0.393. The Balaban J connectivity index is 2.38. The molecule has 0 saturated carbocycles. The van der Waals surface area contributed by atoms with Crippen LogP contribution in [-0.4, -0.2) is 56.5 Å². The van der Waals surface area contributed by atoms with Gasteiger partial charge in [0.2, 0.25) is 0 Å². The smallest absolute Gasteiger partial charge is 0.334 e. The molecule has 1 heterocycles. The van der Waals surface area contributed by atoms with Gasteiger partial charge in [0.1, 0.15) is 0 Å². The molecule has 0 aromatic carbocycles. The molecule has 0 spiro atoms. The van der Waals surface area contributed by atoms with Gasteiger partial charge < -0.3 is 14.7 Å². The molecule has 0 bridgehead atoms. The topological polar surface area (TPSA) is 49.8 Å². The van der Waals surface area contributed by atoms with Gasteiger partial charge in [0.05, 0.1) is 15.2 Å². The van der Waals surface area contributed by atoms with Crippen molar-refractivity contribution in [1.29, 1.82) is 0 Å². The van der Waals surface area contributed by atoms with E-state index in [-0.39, 0.29) is 5.92 Å². The lowest BCUT2D eigenvalue weighted by Crippen LogP contribution is -2.46. The average molecular weight is 259 g/mol. The Kier molecular flexibility index (Phi) is 5.16. The zero-order valence-corrected chi connectivity index (χ0v) is 12.4. The molecule has 1 saturated heterocycles. The number of aliphatic hydroxyl groups is 1. The van der Waals surface area contributed by atoms with Gasteiger partial charge in [-0.3, -0.25) is 0 Å². The summed E-state index contributed by atoms with van der Waals surface area (Å²) in [6.07, 6.45) is 2.05. The lowest BCUT2D eigenvalue weighted by Gasteiger charge is -2.36. The first-order chi connectivity index (χ1) is 7.83. The highest BCUT2D eigenvalue weighted by Gasteiger charge is 2.31. The Morgan fingerprint density at radius 2 is 1.94 bits per heavy atom. The third kappa shape index (κ3) is 4.77. The van der Waals surface area contributed by atoms with Crippen molar-refractivity contribution in [3.8, 4) is 0 Å². The van der Waals surface area contributed by atoms with Crippen LogP contribution in [0.2, 0.25) is 19.6 Å². The summed E-state index contributed by atoms with van der Waals surface area (Å²) in [5.41, 5.74) is 0. The van der Waals surface area contributed by atoms with Gasteiger partial charge in [-0.1, -0.05) is 19.6 Å². The summed E-state index contributed by atoms with van der Waals surface area (Å²) < 4.78 is 4.58. The second-order valence-electron chi connectivity index (χ2n) is 6.14. The molecule has 0 aliphatic carbocycles. The fourth-order valence-corrected chi connectivity index (χ4v) is 4.07. The summed E-state index contributed by atoms with van der Waals surface area (Å²) in [5, 5.41) is 9.78. The lowest BCUT2D eigenvalue weighted by atomic mass is 9.91. The first kappa shape index (κ1) is 14.7. The van der Waals surface area contributed by atoms with E-state index in [2.05, 4.69) is 29.3 Å². The lowest BCUT2D eigenvalue weighted by molar-refractivity contribution is -0.154. The van der Waals surface area contributed by atoms with E-state index < -0.39 is 20.1 Å². The number of methoxy groups -OCH3 is 1. The molecule has 0 aromatic rings. The van der Waals surface area contributed by atoms with Crippen LogP contribution in [0.1, 0.15) is 12.8 Å². The zero-order chi connectivity index (χ0) is 13.1. The maximum absolute atomic E-state index is 11.2. The van der Waals surface area contributed by atoms with Crippen LogP contribution in [0.3, 0.4) is 0 Å². The third-order valence-corrected chi connectivity index (χ3v) is 4.62. The minimum Gasteiger partial charge on any atom is -0.467 e. The summed E-state index contributed by atoms with van der Waals surface area (Å²) in [6.45, 7) is 9.07. The SMILES string of the molecule is COC(=O)C(O)C1CCN(C[Si](C)(C)C)CC1. The normalized spacial score (nSPS) is 21.2. The van der Waals surface area contributed by atoms with Gasteiger partial charge in [-0.25, -0.2) is 4.79 Å². The number of hydrogen-bond acceptors (Lipinski definition) is 4. The zero-order valence-electron chi connectivity index (χ0n) is 11.4. The van der Waals surface area contributed by atoms with Crippen LogP contribution in [0.5, 0.6) is 0 Å². The van der Waals surface area contributed by atoms with E-state index in [1.807, 2.05) is 0 Å². The number of ether oxygens (including phenoxy) is 1. The van der Waals surface area contributed by atoms with E-state index in [4.69, 9.17) is 0 Å². The summed E-state index contributed by atoms with van der Waals surface area (Å²) in [7, 11) is 0.275. The summed E-state index contributed by atoms with van der Waals surface area (Å²) in [4.78, 5) is 13.7. The molecule has 1 atom stereocenters. The Morgan fingerprint density at radius 1 is 1.41 bits per heavy atom. The highest BCUT2D eigenvalue weighted by Crippen LogP contribution is 2.22. The summed E-state index contributed by atoms with van der Waals surface area (Å²) in [5.74, 6) is -0.422. The van der Waals surface area contributed by atoms with Gasteiger partial charge >= 0.3 is 5.97 Å². The number of esters is 1. The van der Waals surface area contributed by atoms with Gasteiger partial charge in [-0.05, 0) is 38.0 Å². The molecule has 1 fully saturated rings. The molecule has 0 radical (unpaired) electrons. The van der Waals surface area contributed by atoms with Crippen molar-refractivity contribution in [2.75, 3.05) is 26.4 Å². The molecule has 17 heavy (non-hydrogen) atoms. The van der Waals surface area contributed by atoms with Crippen LogP contribution in [0.25, 0.3) is 0 Å². The number of likely N-dealkylation sites (tertiary alicyclic amines) is 1. The van der Waals surface area contributed by atoms with Gasteiger partial charge in [0.15, 0.2) is 6.10 Å². The van der Waals surface area contributed by atoms with Crippen LogP contribution in [0.4, 0.5) is 0 Å². The Morgan fingerprint density at radius 3 is 2.35 bits per heavy atom. The van der Waals surface area contributed by atoms with Crippen molar-refractivity contribution in [3.63, 3.8) is 0 Å². The van der Waals surface area contributed by atoms with E-state index in [9.17, 15) is 9.90 Å². The Bertz CT molecular complexity index is 257. The van der Waals surface area contributed by atoms with Crippen molar-refractivity contribution in [3.05, 3.63) is 0 Å². The second kappa shape index (κ2) is 5.98. The van der Waals surface area contributed by atoms with Gasteiger partial charge in [-0.15, -0.1) is 0 Å². The number of piperidine rings is 1. The van der Waals surface area contributed by atoms with E-state index in [0.717, 1.165) is 25.9 Å². The monoisotopic (exact) mass is 259 g/mol. The minimum absolute atomic E-state index is 0.0698. The summed E-state index contributed by atoms with van der Waals surface area (Å²) in [6, 6.07) is 0. The maximum Gasteiger partial charge on any atom is 0.334 e. The molecule has 5 heteroatoms. The predicted molar refractivity (Wildman–Crippen MR) is 70.5 cm³/mol. The average Bonchev–Trinajstić information content (AvgIpc) is 2.26. The van der Waals surface area contributed by atoms with E-state index in [0.29, 0.717) is 0 Å². The first-order valence-electron chi connectivity index (χ1n) is 6.32. The molecule has 100 valence electrons. The van der Waals surface area contributed by atoms with Crippen molar-refractivity contribution in [2.24, 2.45) is 5.92 Å². The van der Waals surface area contributed by atoms with E-state index >= 15 is 0 Å². The number of nitrogens with zero attached hydrogens (tertiary/aromatic N) is 1. The van der Waals surface area contributed by atoms with Crippen molar-refractivity contribution >= 4 is 14.0 Å². The van der Waals surface area contributed by atoms with E-state index in [1.54, 1.807) is 0 Å². The predicted octanol–water partition coefficient (Wildman–Crippen LogP) is 1.11. The molecule has 1 aliphatic heterocycles. The van der Waals surface area contributed by atoms with Crippen LogP contribution < -0.4 is 0 Å². The molecular formula is C12H25NO3Si. The standard InChI is InChI=1S/C12H25NO3Si/c1-16-12(15)11(14)10-5-7-13(8-6-10)9-17(2,3)4/h10-11,14H,5-9H2,1-4H3. The van der Waals surface area contributed by atoms with Crippen molar-refractivity contribution in [1.82, 2.24) is 4.90 Å². The maximum atomic E-state index is 11.2. The number of carbonyl (C=O) groups excluding carboxylic acids is 1. The summed E-state index contributed by atoms with van der Waals surface area (Å²) >= 11 is 0. The van der Waals surface area contributed by atoms with Crippen LogP contribution in [-0.2, 0) is 9.53 Å². The molecule has 4 nitrogen and oxygen atoms in total. The first-order valence-corrected chi connectivity index (χ1v) is 10.0. The van der Waals surface area contributed by atoms with Crippen LogP contribution in [0.15, 0.2) is 0 Å². The number of aliphatic hydroxyl groups excluding tert-OH is 1. The molecule has 1 aliphatic rings. The highest BCUT2D eigenvalue weighted by atomic mass is 28.3. The van der Waals surface area contributed by atoms with Gasteiger partial charge in [-0.2, -0.15) is 0 Å². The van der Waals surface area contributed by atoms with Crippen molar-refractivity contribution < 1.29 is 14.6 Å². The number of carbonyl (C=O) groups is 1. The minimum atomic E-state index is -1.05. The molecule has 1 N–H and O–H groups in total. The van der Waals surface area contributed by atoms with Crippen molar-refractivity contribution in [2.45, 2.75) is 38.6 Å². The number of rotatable bonds is 4. The molecule has 0 amide bonds. The van der Waals surface area contributed by atoms with Gasteiger partial charge in [0.25, 0.3) is 0 Å². The van der Waals surface area contributed by atoms with Crippen LogP contribution in [0, 0.1) is 5.92 Å². The highest BCUT2D eigenvalue weighted by molar-refractivity contribution is 6.76. The quantitative estimate of drug-likeness (QED) is 0.607.